The fourth-order valence-electron chi connectivity index (χ4n) is 1.83. The Bertz CT molecular complexity index is 422. The smallest absolute Gasteiger partial charge is 0.228 e. The summed E-state index contributed by atoms with van der Waals surface area (Å²) in [5.41, 5.74) is 1.68. The molecule has 0 spiro atoms. The summed E-state index contributed by atoms with van der Waals surface area (Å²) in [5, 5.41) is 0. The number of ether oxygens (including phenoxy) is 1. The van der Waals surface area contributed by atoms with Gasteiger partial charge in [0.2, 0.25) is 11.8 Å². The number of aryl methyl sites for hydroxylation is 1. The third kappa shape index (κ3) is 2.04. The number of hydrogen-bond acceptors (Lipinski definition) is 3. The van der Waals surface area contributed by atoms with Crippen LogP contribution in [-0.2, 0) is 4.79 Å². The molecule has 1 saturated heterocycles. The molecule has 5 heteroatoms. The Morgan fingerprint density at radius 2 is 2.31 bits per heavy atom. The largest absolute Gasteiger partial charge is 0.481 e. The van der Waals surface area contributed by atoms with E-state index in [1.165, 1.54) is 0 Å². The number of rotatable bonds is 2. The highest BCUT2D eigenvalue weighted by Gasteiger charge is 2.29. The van der Waals surface area contributed by atoms with Crippen molar-refractivity contribution in [2.24, 2.45) is 0 Å². The molecule has 1 unspecified atom stereocenters. The summed E-state index contributed by atoms with van der Waals surface area (Å²) in [4.78, 5) is 18.0. The lowest BCUT2D eigenvalue weighted by molar-refractivity contribution is -0.117. The van der Waals surface area contributed by atoms with E-state index in [-0.39, 0.29) is 10.7 Å². The minimum atomic E-state index is 0.136. The summed E-state index contributed by atoms with van der Waals surface area (Å²) >= 11 is 3.46. The SMILES string of the molecule is COc1ccc(N2CC(Br)CC2=O)c(C)n1. The molecule has 16 heavy (non-hydrogen) atoms. The van der Waals surface area contributed by atoms with Crippen LogP contribution in [0.5, 0.6) is 5.88 Å². The highest BCUT2D eigenvalue weighted by atomic mass is 79.9. The van der Waals surface area contributed by atoms with Crippen molar-refractivity contribution >= 4 is 27.5 Å². The molecule has 1 aromatic rings. The van der Waals surface area contributed by atoms with Crippen molar-refractivity contribution in [3.63, 3.8) is 0 Å². The monoisotopic (exact) mass is 284 g/mol. The molecular weight excluding hydrogens is 272 g/mol. The summed E-state index contributed by atoms with van der Waals surface area (Å²) in [5.74, 6) is 0.709. The maximum Gasteiger partial charge on any atom is 0.228 e. The first-order valence-corrected chi connectivity index (χ1v) is 5.99. The summed E-state index contributed by atoms with van der Waals surface area (Å²) in [6, 6.07) is 3.65. The van der Waals surface area contributed by atoms with Crippen LogP contribution in [0, 0.1) is 6.92 Å². The second-order valence-electron chi connectivity index (χ2n) is 3.76. The average molecular weight is 285 g/mol. The number of methoxy groups -OCH3 is 1. The van der Waals surface area contributed by atoms with Gasteiger partial charge in [-0.2, -0.15) is 0 Å². The summed E-state index contributed by atoms with van der Waals surface area (Å²) in [6.45, 7) is 2.58. The van der Waals surface area contributed by atoms with Crippen LogP contribution in [0.25, 0.3) is 0 Å². The van der Waals surface area contributed by atoms with Gasteiger partial charge in [-0.05, 0) is 13.0 Å². The van der Waals surface area contributed by atoms with Crippen LogP contribution in [0.15, 0.2) is 12.1 Å². The van der Waals surface area contributed by atoms with E-state index in [1.54, 1.807) is 18.1 Å². The number of alkyl halides is 1. The van der Waals surface area contributed by atoms with Crippen molar-refractivity contribution in [3.05, 3.63) is 17.8 Å². The van der Waals surface area contributed by atoms with Gasteiger partial charge in [-0.3, -0.25) is 4.79 Å². The average Bonchev–Trinajstić information content (AvgIpc) is 2.57. The third-order valence-electron chi connectivity index (χ3n) is 2.61. The van der Waals surface area contributed by atoms with Gasteiger partial charge in [0, 0.05) is 23.9 Å². The molecule has 1 fully saturated rings. The van der Waals surface area contributed by atoms with Gasteiger partial charge >= 0.3 is 0 Å². The Hall–Kier alpha value is -1.10. The molecule has 86 valence electrons. The Balaban J connectivity index is 2.30. The molecule has 1 aliphatic rings. The number of pyridine rings is 1. The molecular formula is C11H13BrN2O2. The molecule has 4 nitrogen and oxygen atoms in total. The molecule has 0 N–H and O–H groups in total. The second-order valence-corrected chi connectivity index (χ2v) is 5.06. The molecule has 2 heterocycles. The Kier molecular flexibility index (Phi) is 3.14. The molecule has 2 rings (SSSR count). The predicted molar refractivity (Wildman–Crippen MR) is 65.2 cm³/mol. The minimum absolute atomic E-state index is 0.136. The van der Waals surface area contributed by atoms with Gasteiger partial charge in [0.05, 0.1) is 18.5 Å². The highest BCUT2D eigenvalue weighted by molar-refractivity contribution is 9.09. The topological polar surface area (TPSA) is 42.4 Å². The van der Waals surface area contributed by atoms with Crippen molar-refractivity contribution in [2.75, 3.05) is 18.6 Å². The Morgan fingerprint density at radius 1 is 1.56 bits per heavy atom. The second kappa shape index (κ2) is 4.41. The number of hydrogen-bond donors (Lipinski definition) is 0. The zero-order chi connectivity index (χ0) is 11.7. The molecule has 0 saturated carbocycles. The normalized spacial score (nSPS) is 20.3. The van der Waals surface area contributed by atoms with Crippen LogP contribution in [0.3, 0.4) is 0 Å². The molecule has 0 aliphatic carbocycles. The van der Waals surface area contributed by atoms with Crippen LogP contribution in [0.1, 0.15) is 12.1 Å². The molecule has 1 aliphatic heterocycles. The maximum atomic E-state index is 11.7. The van der Waals surface area contributed by atoms with Crippen LogP contribution in [0.2, 0.25) is 0 Å². The van der Waals surface area contributed by atoms with E-state index in [1.807, 2.05) is 13.0 Å². The molecule has 1 atom stereocenters. The van der Waals surface area contributed by atoms with E-state index < -0.39 is 0 Å². The van der Waals surface area contributed by atoms with Crippen molar-refractivity contribution in [1.82, 2.24) is 4.98 Å². The lowest BCUT2D eigenvalue weighted by Gasteiger charge is -2.18. The highest BCUT2D eigenvalue weighted by Crippen LogP contribution is 2.28. The first-order valence-electron chi connectivity index (χ1n) is 5.08. The van der Waals surface area contributed by atoms with Crippen LogP contribution >= 0.6 is 15.9 Å². The molecule has 0 bridgehead atoms. The van der Waals surface area contributed by atoms with E-state index in [0.717, 1.165) is 11.4 Å². The number of halogens is 1. The number of nitrogens with zero attached hydrogens (tertiary/aromatic N) is 2. The lowest BCUT2D eigenvalue weighted by Crippen LogP contribution is -2.25. The van der Waals surface area contributed by atoms with Gasteiger partial charge in [0.25, 0.3) is 0 Å². The van der Waals surface area contributed by atoms with E-state index in [2.05, 4.69) is 20.9 Å². The molecule has 1 amide bonds. The minimum Gasteiger partial charge on any atom is -0.481 e. The molecule has 0 aromatic carbocycles. The fourth-order valence-corrected chi connectivity index (χ4v) is 2.39. The maximum absolute atomic E-state index is 11.7. The van der Waals surface area contributed by atoms with Gasteiger partial charge in [-0.1, -0.05) is 15.9 Å². The van der Waals surface area contributed by atoms with E-state index in [4.69, 9.17) is 4.74 Å². The molecule has 0 radical (unpaired) electrons. The third-order valence-corrected chi connectivity index (χ3v) is 3.22. The summed E-state index contributed by atoms with van der Waals surface area (Å²) < 4.78 is 5.04. The zero-order valence-corrected chi connectivity index (χ0v) is 10.8. The number of amides is 1. The van der Waals surface area contributed by atoms with E-state index in [9.17, 15) is 4.79 Å². The van der Waals surface area contributed by atoms with Crippen molar-refractivity contribution < 1.29 is 9.53 Å². The predicted octanol–water partition coefficient (Wildman–Crippen LogP) is 1.90. The van der Waals surface area contributed by atoms with Crippen molar-refractivity contribution in [1.29, 1.82) is 0 Å². The number of aromatic nitrogens is 1. The summed E-state index contributed by atoms with van der Waals surface area (Å²) in [7, 11) is 1.58. The van der Waals surface area contributed by atoms with E-state index in [0.29, 0.717) is 18.8 Å². The zero-order valence-electron chi connectivity index (χ0n) is 9.24. The Labute approximate surface area is 103 Å². The lowest BCUT2D eigenvalue weighted by atomic mass is 10.3. The van der Waals surface area contributed by atoms with Gasteiger partial charge in [-0.25, -0.2) is 4.98 Å². The van der Waals surface area contributed by atoms with Crippen LogP contribution in [0.4, 0.5) is 5.69 Å². The number of carbonyl (C=O) groups excluding carboxylic acids is 1. The van der Waals surface area contributed by atoms with Crippen molar-refractivity contribution in [3.8, 4) is 5.88 Å². The Morgan fingerprint density at radius 3 is 2.81 bits per heavy atom. The number of carbonyl (C=O) groups is 1. The van der Waals surface area contributed by atoms with Gasteiger partial charge < -0.3 is 9.64 Å². The quantitative estimate of drug-likeness (QED) is 0.779. The van der Waals surface area contributed by atoms with Crippen LogP contribution < -0.4 is 9.64 Å². The first kappa shape index (κ1) is 11.4. The molecule has 1 aromatic heterocycles. The van der Waals surface area contributed by atoms with Gasteiger partial charge in [-0.15, -0.1) is 0 Å². The first-order chi connectivity index (χ1) is 7.61. The number of anilines is 1. The van der Waals surface area contributed by atoms with Crippen molar-refractivity contribution in [2.45, 2.75) is 18.2 Å². The summed E-state index contributed by atoms with van der Waals surface area (Å²) in [6.07, 6.45) is 0.547. The van der Waals surface area contributed by atoms with Crippen LogP contribution in [-0.4, -0.2) is 29.4 Å². The fraction of sp³-hybridized carbons (Fsp3) is 0.455. The van der Waals surface area contributed by atoms with Gasteiger partial charge in [0.1, 0.15) is 0 Å². The van der Waals surface area contributed by atoms with E-state index >= 15 is 0 Å². The standard InChI is InChI=1S/C11H13BrN2O2/c1-7-9(3-4-10(13-7)16-2)14-6-8(12)5-11(14)15/h3-4,8H,5-6H2,1-2H3. The van der Waals surface area contributed by atoms with Gasteiger partial charge in [0.15, 0.2) is 0 Å².